The molecule has 2 saturated heterocycles. The van der Waals surface area contributed by atoms with Gasteiger partial charge in [-0.3, -0.25) is 9.29 Å². The topological polar surface area (TPSA) is 151 Å². The number of aromatic nitrogens is 3. The number of sulfonamides is 1. The van der Waals surface area contributed by atoms with Gasteiger partial charge in [0.05, 0.1) is 52.4 Å². The summed E-state index contributed by atoms with van der Waals surface area (Å²) in [6.45, 7) is 9.72. The maximum atomic E-state index is 14.0. The molecule has 0 saturated carbocycles. The minimum atomic E-state index is -4.15. The van der Waals surface area contributed by atoms with Gasteiger partial charge < -0.3 is 28.6 Å². The summed E-state index contributed by atoms with van der Waals surface area (Å²) in [4.78, 5) is 9.57. The number of piperidine rings is 1. The summed E-state index contributed by atoms with van der Waals surface area (Å²) in [6.07, 6.45) is -0.126. The van der Waals surface area contributed by atoms with Crippen LogP contribution in [0.4, 0.5) is 10.3 Å². The number of ether oxygens (including phenoxy) is 5. The summed E-state index contributed by atoms with van der Waals surface area (Å²) in [5.41, 5.74) is 0.379. The van der Waals surface area contributed by atoms with E-state index >= 15 is 0 Å². The molecule has 2 aliphatic rings. The van der Waals surface area contributed by atoms with Crippen molar-refractivity contribution in [3.05, 3.63) is 36.1 Å². The number of benzene rings is 1. The summed E-state index contributed by atoms with van der Waals surface area (Å²) in [5.74, 6) is 0.519. The van der Waals surface area contributed by atoms with Crippen LogP contribution >= 0.6 is 0 Å². The van der Waals surface area contributed by atoms with Crippen LogP contribution < -0.4 is 14.2 Å². The average molecular weight is 624 g/mol. The fourth-order valence-electron chi connectivity index (χ4n) is 4.94. The third kappa shape index (κ3) is 7.68. The number of para-hydroxylation sites is 1. The summed E-state index contributed by atoms with van der Waals surface area (Å²) in [5, 5.41) is 7.51. The predicted molar refractivity (Wildman–Crippen MR) is 158 cm³/mol. The first-order valence-electron chi connectivity index (χ1n) is 13.7. The highest BCUT2D eigenvalue weighted by Crippen LogP contribution is 2.37. The van der Waals surface area contributed by atoms with Crippen molar-refractivity contribution in [2.24, 2.45) is 9.98 Å². The fourth-order valence-corrected chi connectivity index (χ4v) is 6.34. The molecule has 0 bridgehead atoms. The van der Waals surface area contributed by atoms with Crippen LogP contribution in [0.2, 0.25) is 0 Å². The number of nitrogens with one attached hydrogen (secondary N) is 1. The summed E-state index contributed by atoms with van der Waals surface area (Å²) in [6, 6.07) is 5.16. The Morgan fingerprint density at radius 2 is 1.93 bits per heavy atom. The number of allylic oxidation sites excluding steroid dienone is 1. The number of aliphatic imine (C=N–C) groups is 2. The lowest BCUT2D eigenvalue weighted by atomic mass is 10.1. The molecule has 1 N–H and O–H groups in total. The van der Waals surface area contributed by atoms with Gasteiger partial charge in [0.1, 0.15) is 34.4 Å². The van der Waals surface area contributed by atoms with Crippen molar-refractivity contribution >= 4 is 28.6 Å². The van der Waals surface area contributed by atoms with Crippen LogP contribution in [0.25, 0.3) is 5.69 Å². The molecule has 0 radical (unpaired) electrons. The smallest absolute Gasteiger partial charge is 0.243 e. The van der Waals surface area contributed by atoms with Crippen molar-refractivity contribution < 1.29 is 36.5 Å². The second-order valence-corrected chi connectivity index (χ2v) is 12.1. The molecule has 236 valence electrons. The molecule has 0 spiro atoms. The van der Waals surface area contributed by atoms with Crippen molar-refractivity contribution in [3.63, 3.8) is 0 Å². The van der Waals surface area contributed by atoms with E-state index in [4.69, 9.17) is 23.7 Å². The predicted octanol–water partition coefficient (Wildman–Crippen LogP) is 2.87. The molecule has 2 aliphatic heterocycles. The summed E-state index contributed by atoms with van der Waals surface area (Å²) in [7, 11) is -1.17. The Balaban J connectivity index is 1.76. The average Bonchev–Trinajstić information content (AvgIpc) is 3.39. The van der Waals surface area contributed by atoms with E-state index in [0.29, 0.717) is 42.8 Å². The molecule has 1 aromatic carbocycles. The number of hydrogen-bond acceptors (Lipinski definition) is 10. The van der Waals surface area contributed by atoms with E-state index in [-0.39, 0.29) is 37.6 Å². The van der Waals surface area contributed by atoms with E-state index in [1.807, 2.05) is 13.8 Å². The van der Waals surface area contributed by atoms with E-state index in [0.717, 1.165) is 6.20 Å². The van der Waals surface area contributed by atoms with Crippen LogP contribution in [0, 0.1) is 0 Å². The van der Waals surface area contributed by atoms with Crippen molar-refractivity contribution in [3.8, 4) is 17.2 Å². The fraction of sp³-hybridized carbons (Fsp3) is 0.556. The lowest BCUT2D eigenvalue weighted by Gasteiger charge is -2.38. The largest absolute Gasteiger partial charge is 0.494 e. The maximum absolute atomic E-state index is 14.0. The molecule has 3 heterocycles. The van der Waals surface area contributed by atoms with Gasteiger partial charge in [-0.05, 0) is 46.0 Å². The Morgan fingerprint density at radius 1 is 1.21 bits per heavy atom. The molecule has 0 aliphatic carbocycles. The van der Waals surface area contributed by atoms with Crippen molar-refractivity contribution in [1.29, 1.82) is 0 Å². The number of guanidine groups is 1. The standard InChI is InChI=1S/C27H38FN7O7S/c1-17(2)42-19-12-20(15-34(14-19)26(29-4)30-13-18(3)28)43(36,37)33-27-32-31-25(23-16-40-10-11-41-23)35(27)24-21(38-5)8-7-9-22(24)39-6/h7-9,13,17,19-20,23H,4,10-12,14-16H2,1-3,5-6H3,(H,32,33)/b18-13+,30-26?/t19-,20+,23+/m0/s1. The van der Waals surface area contributed by atoms with Crippen LogP contribution in [0.3, 0.4) is 0 Å². The second kappa shape index (κ2) is 14.2. The highest BCUT2D eigenvalue weighted by Gasteiger charge is 2.39. The third-order valence-electron chi connectivity index (χ3n) is 6.71. The number of halogens is 1. The summed E-state index contributed by atoms with van der Waals surface area (Å²) < 4.78 is 74.4. The molecule has 3 atom stereocenters. The number of rotatable bonds is 10. The molecular formula is C27H38FN7O7S. The molecular weight excluding hydrogens is 585 g/mol. The van der Waals surface area contributed by atoms with Gasteiger partial charge in [-0.15, -0.1) is 10.2 Å². The number of nitrogens with zero attached hydrogens (tertiary/aromatic N) is 6. The van der Waals surface area contributed by atoms with Crippen LogP contribution in [-0.4, -0.2) is 105 Å². The second-order valence-electron chi connectivity index (χ2n) is 10.2. The first-order valence-corrected chi connectivity index (χ1v) is 15.3. The molecule has 1 aromatic heterocycles. The quantitative estimate of drug-likeness (QED) is 0.309. The lowest BCUT2D eigenvalue weighted by Crippen LogP contribution is -2.52. The van der Waals surface area contributed by atoms with E-state index in [1.165, 1.54) is 25.7 Å². The van der Waals surface area contributed by atoms with E-state index in [1.54, 1.807) is 23.1 Å². The molecule has 43 heavy (non-hydrogen) atoms. The summed E-state index contributed by atoms with van der Waals surface area (Å²) >= 11 is 0. The minimum Gasteiger partial charge on any atom is -0.494 e. The van der Waals surface area contributed by atoms with Gasteiger partial charge in [-0.25, -0.2) is 22.8 Å². The zero-order chi connectivity index (χ0) is 31.1. The molecule has 14 nitrogen and oxygen atoms in total. The minimum absolute atomic E-state index is 0.0110. The number of likely N-dealkylation sites (tertiary alicyclic amines) is 1. The molecule has 2 aromatic rings. The Bertz CT molecular complexity index is 1410. The van der Waals surface area contributed by atoms with Gasteiger partial charge >= 0.3 is 0 Å². The van der Waals surface area contributed by atoms with Gasteiger partial charge in [0.2, 0.25) is 21.9 Å². The monoisotopic (exact) mass is 623 g/mol. The Morgan fingerprint density at radius 3 is 2.51 bits per heavy atom. The number of anilines is 1. The van der Waals surface area contributed by atoms with Gasteiger partial charge in [-0.2, -0.15) is 0 Å². The maximum Gasteiger partial charge on any atom is 0.243 e. The van der Waals surface area contributed by atoms with Gasteiger partial charge in [0, 0.05) is 13.1 Å². The SMILES string of the molecule is C=NC(=N/C=C(\C)F)N1C[C@@H](OC(C)C)C[C@@H](S(=O)(=O)Nc2nnc([C@H]3COCCO3)n2-c2c(OC)cccc2OC)C1. The highest BCUT2D eigenvalue weighted by atomic mass is 32.2. The first kappa shape index (κ1) is 32.3. The molecule has 4 rings (SSSR count). The van der Waals surface area contributed by atoms with Crippen LogP contribution in [0.15, 0.2) is 40.2 Å². The first-order chi connectivity index (χ1) is 20.6. The van der Waals surface area contributed by atoms with E-state index in [9.17, 15) is 12.8 Å². The zero-order valence-corrected chi connectivity index (χ0v) is 25.7. The number of methoxy groups -OCH3 is 2. The Kier molecular flexibility index (Phi) is 10.7. The van der Waals surface area contributed by atoms with Gasteiger partial charge in [0.25, 0.3) is 0 Å². The van der Waals surface area contributed by atoms with Crippen molar-refractivity contribution in [2.45, 2.75) is 50.8 Å². The highest BCUT2D eigenvalue weighted by molar-refractivity contribution is 7.93. The van der Waals surface area contributed by atoms with Crippen LogP contribution in [0.1, 0.15) is 39.1 Å². The number of hydrogen-bond donors (Lipinski definition) is 1. The van der Waals surface area contributed by atoms with Gasteiger partial charge in [-0.1, -0.05) is 6.07 Å². The van der Waals surface area contributed by atoms with Crippen molar-refractivity contribution in [1.82, 2.24) is 19.7 Å². The van der Waals surface area contributed by atoms with E-state index in [2.05, 4.69) is 31.6 Å². The Hall–Kier alpha value is -3.60. The van der Waals surface area contributed by atoms with Crippen molar-refractivity contribution in [2.75, 3.05) is 51.9 Å². The van der Waals surface area contributed by atoms with Gasteiger partial charge in [0.15, 0.2) is 5.82 Å². The molecule has 2 fully saturated rings. The Labute approximate surface area is 250 Å². The molecule has 0 unspecified atom stereocenters. The normalized spacial score (nSPS) is 22.0. The molecule has 16 heteroatoms. The molecule has 0 amide bonds. The zero-order valence-electron chi connectivity index (χ0n) is 24.9. The van der Waals surface area contributed by atoms with E-state index < -0.39 is 33.3 Å². The lowest BCUT2D eigenvalue weighted by molar-refractivity contribution is -0.0941. The van der Waals surface area contributed by atoms with Crippen LogP contribution in [-0.2, 0) is 24.2 Å². The third-order valence-corrected chi connectivity index (χ3v) is 8.40. The van der Waals surface area contributed by atoms with Crippen LogP contribution in [0.5, 0.6) is 11.5 Å².